The Morgan fingerprint density at radius 1 is 1.00 bits per heavy atom. The first-order chi connectivity index (χ1) is 9.66. The van der Waals surface area contributed by atoms with Gasteiger partial charge in [-0.25, -0.2) is 4.79 Å². The summed E-state index contributed by atoms with van der Waals surface area (Å²) in [6.07, 6.45) is 9.77. The summed E-state index contributed by atoms with van der Waals surface area (Å²) < 4.78 is 0. The van der Waals surface area contributed by atoms with Crippen LogP contribution in [-0.2, 0) is 9.59 Å². The zero-order valence-corrected chi connectivity index (χ0v) is 12.1. The summed E-state index contributed by atoms with van der Waals surface area (Å²) >= 11 is 0. The van der Waals surface area contributed by atoms with E-state index in [1.165, 1.54) is 38.5 Å². The lowest BCUT2D eigenvalue weighted by Gasteiger charge is -2.43. The van der Waals surface area contributed by atoms with Gasteiger partial charge in [-0.15, -0.1) is 0 Å². The van der Waals surface area contributed by atoms with Crippen LogP contribution in [0.15, 0.2) is 0 Å². The fourth-order valence-electron chi connectivity index (χ4n) is 4.10. The van der Waals surface area contributed by atoms with Crippen LogP contribution in [0.2, 0.25) is 0 Å². The quantitative estimate of drug-likeness (QED) is 0.841. The standard InChI is InChI=1S/C16H25NO3/c18-15(17-9-3-8-14(17)16(19)20)10-13(11-4-1-5-11)12-6-2-7-12/h11-14H,1-10H2,(H,19,20). The van der Waals surface area contributed by atoms with Gasteiger partial charge >= 0.3 is 5.97 Å². The van der Waals surface area contributed by atoms with Crippen LogP contribution in [0.4, 0.5) is 0 Å². The molecule has 0 aromatic carbocycles. The Morgan fingerprint density at radius 2 is 1.60 bits per heavy atom. The Labute approximate surface area is 120 Å². The monoisotopic (exact) mass is 279 g/mol. The van der Waals surface area contributed by atoms with Crippen molar-refractivity contribution >= 4 is 11.9 Å². The van der Waals surface area contributed by atoms with Gasteiger partial charge < -0.3 is 10.0 Å². The van der Waals surface area contributed by atoms with Crippen LogP contribution in [0.5, 0.6) is 0 Å². The Kier molecular flexibility index (Phi) is 3.99. The third-order valence-corrected chi connectivity index (χ3v) is 5.78. The molecule has 3 fully saturated rings. The van der Waals surface area contributed by atoms with Gasteiger partial charge in [0, 0.05) is 13.0 Å². The molecule has 0 aromatic heterocycles. The van der Waals surface area contributed by atoms with Crippen LogP contribution in [0.1, 0.15) is 57.8 Å². The molecule has 0 spiro atoms. The predicted molar refractivity (Wildman–Crippen MR) is 75.2 cm³/mol. The maximum absolute atomic E-state index is 12.5. The first kappa shape index (κ1) is 13.9. The number of aliphatic carboxylic acids is 1. The van der Waals surface area contributed by atoms with Crippen molar-refractivity contribution in [3.8, 4) is 0 Å². The minimum atomic E-state index is -0.834. The van der Waals surface area contributed by atoms with Crippen molar-refractivity contribution < 1.29 is 14.7 Å². The average Bonchev–Trinajstić information content (AvgIpc) is 2.72. The van der Waals surface area contributed by atoms with Gasteiger partial charge in [-0.05, 0) is 30.6 Å². The summed E-state index contributed by atoms with van der Waals surface area (Å²) in [5, 5.41) is 9.21. The van der Waals surface area contributed by atoms with Gasteiger partial charge in [0.1, 0.15) is 6.04 Å². The lowest BCUT2D eigenvalue weighted by atomic mass is 9.63. The highest BCUT2D eigenvalue weighted by Gasteiger charge is 2.40. The van der Waals surface area contributed by atoms with Gasteiger partial charge in [0.15, 0.2) is 0 Å². The predicted octanol–water partition coefficient (Wildman–Crippen LogP) is 2.67. The topological polar surface area (TPSA) is 57.6 Å². The van der Waals surface area contributed by atoms with E-state index in [4.69, 9.17) is 0 Å². The van der Waals surface area contributed by atoms with E-state index in [0.717, 1.165) is 18.3 Å². The molecule has 1 N–H and O–H groups in total. The Bertz CT molecular complexity index is 373. The highest BCUT2D eigenvalue weighted by atomic mass is 16.4. The molecule has 20 heavy (non-hydrogen) atoms. The number of rotatable bonds is 5. The Hall–Kier alpha value is -1.06. The number of carbonyl (C=O) groups excluding carboxylic acids is 1. The molecule has 4 heteroatoms. The van der Waals surface area contributed by atoms with E-state index in [2.05, 4.69) is 0 Å². The van der Waals surface area contributed by atoms with Crippen LogP contribution >= 0.6 is 0 Å². The van der Waals surface area contributed by atoms with Crippen molar-refractivity contribution in [3.63, 3.8) is 0 Å². The third-order valence-electron chi connectivity index (χ3n) is 5.78. The molecule has 1 unspecified atom stereocenters. The lowest BCUT2D eigenvalue weighted by molar-refractivity contribution is -0.149. The Morgan fingerprint density at radius 3 is 2.05 bits per heavy atom. The van der Waals surface area contributed by atoms with Crippen LogP contribution in [-0.4, -0.2) is 34.5 Å². The number of amides is 1. The van der Waals surface area contributed by atoms with E-state index < -0.39 is 12.0 Å². The smallest absolute Gasteiger partial charge is 0.326 e. The van der Waals surface area contributed by atoms with Gasteiger partial charge in [0.2, 0.25) is 5.91 Å². The molecule has 3 aliphatic rings. The average molecular weight is 279 g/mol. The second-order valence-electron chi connectivity index (χ2n) is 6.83. The van der Waals surface area contributed by atoms with Gasteiger partial charge in [0.25, 0.3) is 0 Å². The van der Waals surface area contributed by atoms with Gasteiger partial charge in [-0.2, -0.15) is 0 Å². The number of likely N-dealkylation sites (tertiary alicyclic amines) is 1. The number of hydrogen-bond donors (Lipinski definition) is 1. The number of carboxylic acid groups (broad SMARTS) is 1. The van der Waals surface area contributed by atoms with Crippen molar-refractivity contribution in [1.29, 1.82) is 0 Å². The molecular weight excluding hydrogens is 254 g/mol. The summed E-state index contributed by atoms with van der Waals surface area (Å²) in [7, 11) is 0. The van der Waals surface area contributed by atoms with Crippen LogP contribution in [0, 0.1) is 17.8 Å². The van der Waals surface area contributed by atoms with Crippen molar-refractivity contribution in [2.24, 2.45) is 17.8 Å². The van der Waals surface area contributed by atoms with E-state index in [0.29, 0.717) is 25.3 Å². The van der Waals surface area contributed by atoms with E-state index in [9.17, 15) is 14.7 Å². The first-order valence-corrected chi connectivity index (χ1v) is 8.19. The maximum Gasteiger partial charge on any atom is 0.326 e. The summed E-state index contributed by atoms with van der Waals surface area (Å²) in [6.45, 7) is 0.637. The number of hydrogen-bond acceptors (Lipinski definition) is 2. The minimum Gasteiger partial charge on any atom is -0.480 e. The highest BCUT2D eigenvalue weighted by Crippen LogP contribution is 2.46. The van der Waals surface area contributed by atoms with Crippen LogP contribution in [0.25, 0.3) is 0 Å². The summed E-state index contributed by atoms with van der Waals surface area (Å²) in [6, 6.07) is -0.564. The molecule has 2 aliphatic carbocycles. The molecule has 1 amide bonds. The molecule has 4 nitrogen and oxygen atoms in total. The van der Waals surface area contributed by atoms with Gasteiger partial charge in [-0.1, -0.05) is 38.5 Å². The van der Waals surface area contributed by atoms with E-state index >= 15 is 0 Å². The molecule has 3 rings (SSSR count). The SMILES string of the molecule is O=C(O)C1CCCN1C(=O)CC(C1CCC1)C1CCC1. The summed E-state index contributed by atoms with van der Waals surface area (Å²) in [5.74, 6) is 1.25. The molecule has 0 aromatic rings. The van der Waals surface area contributed by atoms with Crippen molar-refractivity contribution in [2.45, 2.75) is 63.8 Å². The second kappa shape index (κ2) is 5.74. The fourth-order valence-corrected chi connectivity index (χ4v) is 4.10. The van der Waals surface area contributed by atoms with Crippen molar-refractivity contribution in [1.82, 2.24) is 4.90 Å². The molecule has 2 saturated carbocycles. The van der Waals surface area contributed by atoms with E-state index in [1.807, 2.05) is 0 Å². The summed E-state index contributed by atoms with van der Waals surface area (Å²) in [4.78, 5) is 25.4. The molecule has 0 bridgehead atoms. The normalized spacial score (nSPS) is 27.4. The largest absolute Gasteiger partial charge is 0.480 e. The summed E-state index contributed by atoms with van der Waals surface area (Å²) in [5.41, 5.74) is 0. The van der Waals surface area contributed by atoms with Crippen molar-refractivity contribution in [3.05, 3.63) is 0 Å². The molecule has 1 heterocycles. The Balaban J connectivity index is 1.62. The number of carbonyl (C=O) groups is 2. The van der Waals surface area contributed by atoms with Crippen molar-refractivity contribution in [2.75, 3.05) is 6.54 Å². The van der Waals surface area contributed by atoms with Crippen LogP contribution < -0.4 is 0 Å². The zero-order valence-electron chi connectivity index (χ0n) is 12.1. The van der Waals surface area contributed by atoms with E-state index in [1.54, 1.807) is 4.90 Å². The molecule has 112 valence electrons. The van der Waals surface area contributed by atoms with Crippen LogP contribution in [0.3, 0.4) is 0 Å². The second-order valence-corrected chi connectivity index (χ2v) is 6.83. The minimum absolute atomic E-state index is 0.0960. The highest BCUT2D eigenvalue weighted by molar-refractivity contribution is 5.84. The lowest BCUT2D eigenvalue weighted by Crippen LogP contribution is -2.43. The maximum atomic E-state index is 12.5. The fraction of sp³-hybridized carbons (Fsp3) is 0.875. The molecular formula is C16H25NO3. The van der Waals surface area contributed by atoms with Gasteiger partial charge in [0.05, 0.1) is 0 Å². The first-order valence-electron chi connectivity index (χ1n) is 8.19. The zero-order chi connectivity index (χ0) is 14.1. The number of carboxylic acids is 1. The molecule has 1 aliphatic heterocycles. The molecule has 1 saturated heterocycles. The number of nitrogens with zero attached hydrogens (tertiary/aromatic N) is 1. The van der Waals surface area contributed by atoms with Gasteiger partial charge in [-0.3, -0.25) is 4.79 Å². The molecule has 0 radical (unpaired) electrons. The van der Waals surface area contributed by atoms with E-state index in [-0.39, 0.29) is 5.91 Å². The third kappa shape index (κ3) is 2.57. The molecule has 1 atom stereocenters.